The maximum atomic E-state index is 13.7. The van der Waals surface area contributed by atoms with E-state index >= 15 is 0 Å². The zero-order valence-corrected chi connectivity index (χ0v) is 12.3. The maximum Gasteiger partial charge on any atom is 0.249 e. The number of rotatable bonds is 5. The van der Waals surface area contributed by atoms with Crippen molar-refractivity contribution in [2.75, 3.05) is 6.61 Å². The third-order valence-corrected chi connectivity index (χ3v) is 3.72. The standard InChI is InChI=1S/C17H17FN2O2/c1-2-22-15-9-12(18)8-13(17(19)21)16(15)14-7-11(5-6-20-14)10-3-4-10/h5-10H,2-4H2,1H3,(H2,19,21). The quantitative estimate of drug-likeness (QED) is 0.921. The molecule has 1 fully saturated rings. The lowest BCUT2D eigenvalue weighted by atomic mass is 9.99. The summed E-state index contributed by atoms with van der Waals surface area (Å²) in [6.07, 6.45) is 4.02. The van der Waals surface area contributed by atoms with Gasteiger partial charge < -0.3 is 10.5 Å². The summed E-state index contributed by atoms with van der Waals surface area (Å²) in [5.41, 5.74) is 7.71. The van der Waals surface area contributed by atoms with Crippen LogP contribution in [0, 0.1) is 5.82 Å². The summed E-state index contributed by atoms with van der Waals surface area (Å²) in [5.74, 6) is -0.417. The monoisotopic (exact) mass is 300 g/mol. The molecule has 1 heterocycles. The van der Waals surface area contributed by atoms with Crippen LogP contribution in [0.5, 0.6) is 5.75 Å². The molecule has 3 rings (SSSR count). The second-order valence-corrected chi connectivity index (χ2v) is 5.37. The van der Waals surface area contributed by atoms with Crippen molar-refractivity contribution in [3.8, 4) is 17.0 Å². The van der Waals surface area contributed by atoms with Gasteiger partial charge in [0.2, 0.25) is 5.91 Å². The molecule has 2 N–H and O–H groups in total. The van der Waals surface area contributed by atoms with Crippen LogP contribution in [0.2, 0.25) is 0 Å². The molecule has 114 valence electrons. The minimum Gasteiger partial charge on any atom is -0.493 e. The normalized spacial score (nSPS) is 13.9. The van der Waals surface area contributed by atoms with Gasteiger partial charge in [-0.25, -0.2) is 4.39 Å². The molecule has 1 aliphatic rings. The van der Waals surface area contributed by atoms with E-state index < -0.39 is 11.7 Å². The van der Waals surface area contributed by atoms with Crippen molar-refractivity contribution in [2.24, 2.45) is 5.73 Å². The number of hydrogen-bond donors (Lipinski definition) is 1. The van der Waals surface area contributed by atoms with Gasteiger partial charge in [0.05, 0.1) is 23.4 Å². The van der Waals surface area contributed by atoms with E-state index in [1.807, 2.05) is 12.1 Å². The summed E-state index contributed by atoms with van der Waals surface area (Å²) in [7, 11) is 0. The lowest BCUT2D eigenvalue weighted by Gasteiger charge is -2.14. The number of nitrogens with zero attached hydrogens (tertiary/aromatic N) is 1. The summed E-state index contributed by atoms with van der Waals surface area (Å²) in [6.45, 7) is 2.16. The largest absolute Gasteiger partial charge is 0.493 e. The molecular weight excluding hydrogens is 283 g/mol. The van der Waals surface area contributed by atoms with E-state index in [0.29, 0.717) is 23.8 Å². The smallest absolute Gasteiger partial charge is 0.249 e. The molecule has 0 bridgehead atoms. The van der Waals surface area contributed by atoms with Gasteiger partial charge in [-0.3, -0.25) is 9.78 Å². The highest BCUT2D eigenvalue weighted by atomic mass is 19.1. The van der Waals surface area contributed by atoms with Crippen LogP contribution in [-0.2, 0) is 0 Å². The number of amides is 1. The topological polar surface area (TPSA) is 65.2 Å². The molecule has 5 heteroatoms. The molecule has 1 saturated carbocycles. The number of benzene rings is 1. The van der Waals surface area contributed by atoms with E-state index in [-0.39, 0.29) is 11.3 Å². The van der Waals surface area contributed by atoms with Gasteiger partial charge in [0.1, 0.15) is 11.6 Å². The zero-order chi connectivity index (χ0) is 15.7. The highest BCUT2D eigenvalue weighted by molar-refractivity contribution is 6.01. The van der Waals surface area contributed by atoms with Crippen molar-refractivity contribution in [3.63, 3.8) is 0 Å². The van der Waals surface area contributed by atoms with E-state index in [1.165, 1.54) is 11.6 Å². The number of primary amides is 1. The van der Waals surface area contributed by atoms with Gasteiger partial charge in [0.15, 0.2) is 0 Å². The molecule has 1 aromatic carbocycles. The van der Waals surface area contributed by atoms with Gasteiger partial charge in [0, 0.05) is 12.3 Å². The summed E-state index contributed by atoms with van der Waals surface area (Å²) in [5, 5.41) is 0. The Labute approximate surface area is 128 Å². The van der Waals surface area contributed by atoms with Crippen molar-refractivity contribution in [2.45, 2.75) is 25.7 Å². The Kier molecular flexibility index (Phi) is 3.79. The molecule has 0 radical (unpaired) electrons. The van der Waals surface area contributed by atoms with Crippen LogP contribution in [0.3, 0.4) is 0 Å². The fraction of sp³-hybridized carbons (Fsp3) is 0.294. The first-order chi connectivity index (χ1) is 10.6. The second kappa shape index (κ2) is 5.75. The van der Waals surface area contributed by atoms with Gasteiger partial charge in [-0.1, -0.05) is 0 Å². The minimum absolute atomic E-state index is 0.0869. The van der Waals surface area contributed by atoms with Crippen molar-refractivity contribution < 1.29 is 13.9 Å². The number of ether oxygens (including phenoxy) is 1. The van der Waals surface area contributed by atoms with Crippen LogP contribution < -0.4 is 10.5 Å². The first-order valence-corrected chi connectivity index (χ1v) is 7.32. The molecule has 0 spiro atoms. The Morgan fingerprint density at radius 2 is 2.18 bits per heavy atom. The van der Waals surface area contributed by atoms with Crippen molar-refractivity contribution >= 4 is 5.91 Å². The predicted octanol–water partition coefficient (Wildman–Crippen LogP) is 3.26. The average Bonchev–Trinajstić information content (AvgIpc) is 3.31. The number of aromatic nitrogens is 1. The van der Waals surface area contributed by atoms with Gasteiger partial charge in [-0.15, -0.1) is 0 Å². The van der Waals surface area contributed by atoms with E-state index in [1.54, 1.807) is 13.1 Å². The Balaban J connectivity index is 2.18. The predicted molar refractivity (Wildman–Crippen MR) is 81.3 cm³/mol. The molecule has 1 amide bonds. The molecule has 1 aromatic heterocycles. The van der Waals surface area contributed by atoms with Crippen LogP contribution in [0.1, 0.15) is 41.6 Å². The van der Waals surface area contributed by atoms with Gasteiger partial charge in [-0.05, 0) is 49.4 Å². The summed E-state index contributed by atoms with van der Waals surface area (Å²) >= 11 is 0. The van der Waals surface area contributed by atoms with Gasteiger partial charge in [-0.2, -0.15) is 0 Å². The maximum absolute atomic E-state index is 13.7. The number of hydrogen-bond acceptors (Lipinski definition) is 3. The molecule has 0 saturated heterocycles. The minimum atomic E-state index is -0.700. The van der Waals surface area contributed by atoms with Crippen LogP contribution in [0.15, 0.2) is 30.5 Å². The lowest BCUT2D eigenvalue weighted by molar-refractivity contribution is 0.1000. The van der Waals surface area contributed by atoms with Crippen LogP contribution >= 0.6 is 0 Å². The zero-order valence-electron chi connectivity index (χ0n) is 12.3. The van der Waals surface area contributed by atoms with Crippen LogP contribution in [0.25, 0.3) is 11.3 Å². The van der Waals surface area contributed by atoms with Crippen molar-refractivity contribution in [3.05, 3.63) is 47.4 Å². The highest BCUT2D eigenvalue weighted by Crippen LogP contribution is 2.42. The third-order valence-electron chi connectivity index (χ3n) is 3.72. The fourth-order valence-electron chi connectivity index (χ4n) is 2.56. The lowest BCUT2D eigenvalue weighted by Crippen LogP contribution is -2.14. The van der Waals surface area contributed by atoms with E-state index in [2.05, 4.69) is 4.98 Å². The number of nitrogens with two attached hydrogens (primary N) is 1. The molecule has 0 atom stereocenters. The Morgan fingerprint density at radius 3 is 2.82 bits per heavy atom. The summed E-state index contributed by atoms with van der Waals surface area (Å²) in [6, 6.07) is 6.29. The van der Waals surface area contributed by atoms with E-state index in [9.17, 15) is 9.18 Å². The second-order valence-electron chi connectivity index (χ2n) is 5.37. The molecule has 1 aliphatic carbocycles. The number of pyridine rings is 1. The fourth-order valence-corrected chi connectivity index (χ4v) is 2.56. The van der Waals surface area contributed by atoms with Gasteiger partial charge >= 0.3 is 0 Å². The molecule has 4 nitrogen and oxygen atoms in total. The summed E-state index contributed by atoms with van der Waals surface area (Å²) < 4.78 is 19.2. The van der Waals surface area contributed by atoms with Crippen LogP contribution in [-0.4, -0.2) is 17.5 Å². The SMILES string of the molecule is CCOc1cc(F)cc(C(N)=O)c1-c1cc(C2CC2)ccn1. The molecule has 0 aliphatic heterocycles. The first kappa shape index (κ1) is 14.5. The Hall–Kier alpha value is -2.43. The molecule has 22 heavy (non-hydrogen) atoms. The van der Waals surface area contributed by atoms with E-state index in [0.717, 1.165) is 18.9 Å². The Morgan fingerprint density at radius 1 is 1.41 bits per heavy atom. The van der Waals surface area contributed by atoms with Gasteiger partial charge in [0.25, 0.3) is 0 Å². The molecule has 0 unspecified atom stereocenters. The highest BCUT2D eigenvalue weighted by Gasteiger charge is 2.25. The first-order valence-electron chi connectivity index (χ1n) is 7.32. The van der Waals surface area contributed by atoms with Crippen molar-refractivity contribution in [1.82, 2.24) is 4.98 Å². The number of carbonyl (C=O) groups is 1. The van der Waals surface area contributed by atoms with Crippen molar-refractivity contribution in [1.29, 1.82) is 0 Å². The molecular formula is C17H17FN2O2. The summed E-state index contributed by atoms with van der Waals surface area (Å²) in [4.78, 5) is 16.0. The van der Waals surface area contributed by atoms with E-state index in [4.69, 9.17) is 10.5 Å². The Bertz CT molecular complexity index is 727. The third kappa shape index (κ3) is 2.79. The van der Waals surface area contributed by atoms with Crippen LogP contribution in [0.4, 0.5) is 4.39 Å². The molecule has 2 aromatic rings. The average molecular weight is 300 g/mol. The number of halogens is 1. The number of carbonyl (C=O) groups excluding carboxylic acids is 1.